The zero-order chi connectivity index (χ0) is 22.6. The molecule has 168 valence electrons. The van der Waals surface area contributed by atoms with Crippen molar-refractivity contribution in [3.8, 4) is 28.4 Å². The highest BCUT2D eigenvalue weighted by Crippen LogP contribution is 2.41. The highest BCUT2D eigenvalue weighted by Gasteiger charge is 2.27. The van der Waals surface area contributed by atoms with Crippen molar-refractivity contribution in [1.29, 1.82) is 0 Å². The lowest BCUT2D eigenvalue weighted by Crippen LogP contribution is -2.50. The molecule has 0 aromatic heterocycles. The number of piperidine rings is 1. The molecule has 0 radical (unpaired) electrons. The third-order valence-electron chi connectivity index (χ3n) is 5.90. The summed E-state index contributed by atoms with van der Waals surface area (Å²) in [6.45, 7) is 8.71. The van der Waals surface area contributed by atoms with Gasteiger partial charge in [-0.3, -0.25) is 9.69 Å². The van der Waals surface area contributed by atoms with Crippen LogP contribution >= 0.6 is 0 Å². The third-order valence-corrected chi connectivity index (χ3v) is 5.90. The van der Waals surface area contributed by atoms with Crippen molar-refractivity contribution in [3.63, 3.8) is 0 Å². The van der Waals surface area contributed by atoms with Gasteiger partial charge < -0.3 is 19.5 Å². The van der Waals surface area contributed by atoms with Crippen molar-refractivity contribution in [2.75, 3.05) is 34.4 Å². The van der Waals surface area contributed by atoms with Crippen molar-refractivity contribution in [2.24, 2.45) is 0 Å². The maximum Gasteiger partial charge on any atom is 0.251 e. The first-order valence-electron chi connectivity index (χ1n) is 10.7. The lowest BCUT2D eigenvalue weighted by atomic mass is 9.97. The van der Waals surface area contributed by atoms with Gasteiger partial charge in [-0.05, 0) is 69.0 Å². The predicted molar refractivity (Wildman–Crippen MR) is 123 cm³/mol. The van der Waals surface area contributed by atoms with Crippen LogP contribution in [-0.4, -0.2) is 56.8 Å². The van der Waals surface area contributed by atoms with Crippen LogP contribution in [0.25, 0.3) is 11.1 Å². The number of amides is 1. The molecule has 0 saturated carbocycles. The number of hydrogen-bond donors (Lipinski definition) is 1. The second-order valence-corrected chi connectivity index (χ2v) is 8.90. The Kier molecular flexibility index (Phi) is 7.11. The van der Waals surface area contributed by atoms with Gasteiger partial charge >= 0.3 is 0 Å². The molecule has 1 N–H and O–H groups in total. The van der Waals surface area contributed by atoms with Gasteiger partial charge in [-0.2, -0.15) is 0 Å². The maximum atomic E-state index is 12.9. The van der Waals surface area contributed by atoms with E-state index >= 15 is 0 Å². The molecule has 31 heavy (non-hydrogen) atoms. The Morgan fingerprint density at radius 3 is 2.06 bits per heavy atom. The average Bonchev–Trinajstić information content (AvgIpc) is 2.77. The first kappa shape index (κ1) is 22.9. The van der Waals surface area contributed by atoms with Gasteiger partial charge in [0.2, 0.25) is 5.75 Å². The van der Waals surface area contributed by atoms with Crippen LogP contribution < -0.4 is 19.5 Å². The van der Waals surface area contributed by atoms with Crippen LogP contribution in [0.3, 0.4) is 0 Å². The maximum absolute atomic E-state index is 12.9. The first-order valence-corrected chi connectivity index (χ1v) is 10.7. The molecule has 1 aliphatic heterocycles. The molecule has 0 unspecified atom stereocenters. The highest BCUT2D eigenvalue weighted by atomic mass is 16.5. The zero-order valence-corrected chi connectivity index (χ0v) is 19.5. The predicted octanol–water partition coefficient (Wildman–Crippen LogP) is 4.37. The van der Waals surface area contributed by atoms with Crippen molar-refractivity contribution in [2.45, 2.75) is 45.2 Å². The smallest absolute Gasteiger partial charge is 0.251 e. The second kappa shape index (κ2) is 9.60. The van der Waals surface area contributed by atoms with E-state index in [0.717, 1.165) is 37.1 Å². The van der Waals surface area contributed by atoms with Crippen molar-refractivity contribution < 1.29 is 19.0 Å². The van der Waals surface area contributed by atoms with Crippen molar-refractivity contribution >= 4 is 5.91 Å². The normalized spacial score (nSPS) is 15.4. The van der Waals surface area contributed by atoms with Gasteiger partial charge in [0.05, 0.1) is 21.3 Å². The second-order valence-electron chi connectivity index (χ2n) is 8.90. The molecular weight excluding hydrogens is 392 g/mol. The largest absolute Gasteiger partial charge is 0.493 e. The monoisotopic (exact) mass is 426 g/mol. The standard InChI is InChI=1S/C25H34N2O4/c1-25(2,3)27-12-10-20(11-13-27)26-24(28)18-9-7-8-17(14-18)19-15-21(29-4)23(31-6)22(16-19)30-5/h7-9,14-16,20H,10-13H2,1-6H3,(H,26,28). The summed E-state index contributed by atoms with van der Waals surface area (Å²) in [6.07, 6.45) is 1.94. The van der Waals surface area contributed by atoms with Crippen LogP contribution in [-0.2, 0) is 0 Å². The SMILES string of the molecule is COc1cc(-c2cccc(C(=O)NC3CCN(C(C)(C)C)CC3)c2)cc(OC)c1OC. The summed E-state index contributed by atoms with van der Waals surface area (Å²) in [5.41, 5.74) is 2.62. The van der Waals surface area contributed by atoms with Crippen molar-refractivity contribution in [1.82, 2.24) is 10.2 Å². The van der Waals surface area contributed by atoms with Gasteiger partial charge in [0.1, 0.15) is 0 Å². The Bertz CT molecular complexity index is 887. The molecule has 0 spiro atoms. The fourth-order valence-corrected chi connectivity index (χ4v) is 4.05. The van der Waals surface area contributed by atoms with Crippen LogP contribution in [0, 0.1) is 0 Å². The summed E-state index contributed by atoms with van der Waals surface area (Å²) < 4.78 is 16.3. The van der Waals surface area contributed by atoms with Crippen LogP contribution in [0.15, 0.2) is 36.4 Å². The van der Waals surface area contributed by atoms with E-state index in [4.69, 9.17) is 14.2 Å². The van der Waals surface area contributed by atoms with E-state index in [9.17, 15) is 4.79 Å². The van der Waals surface area contributed by atoms with Crippen LogP contribution in [0.2, 0.25) is 0 Å². The van der Waals surface area contributed by atoms with Gasteiger partial charge in [0.25, 0.3) is 5.91 Å². The number of hydrogen-bond acceptors (Lipinski definition) is 5. The van der Waals surface area contributed by atoms with E-state index in [2.05, 4.69) is 31.0 Å². The number of methoxy groups -OCH3 is 3. The average molecular weight is 427 g/mol. The van der Waals surface area contributed by atoms with Gasteiger partial charge in [-0.1, -0.05) is 12.1 Å². The number of carbonyl (C=O) groups is 1. The van der Waals surface area contributed by atoms with E-state index < -0.39 is 0 Å². The molecule has 0 atom stereocenters. The minimum Gasteiger partial charge on any atom is -0.493 e. The number of likely N-dealkylation sites (tertiary alicyclic amines) is 1. The molecule has 1 fully saturated rings. The van der Waals surface area contributed by atoms with Crippen LogP contribution in [0.5, 0.6) is 17.2 Å². The molecule has 2 aromatic rings. The summed E-state index contributed by atoms with van der Waals surface area (Å²) in [5, 5.41) is 3.21. The summed E-state index contributed by atoms with van der Waals surface area (Å²) in [7, 11) is 4.77. The Morgan fingerprint density at radius 2 is 1.55 bits per heavy atom. The van der Waals surface area contributed by atoms with Gasteiger partial charge in [0, 0.05) is 30.2 Å². The Hall–Kier alpha value is -2.73. The molecule has 1 heterocycles. The number of nitrogens with zero attached hydrogens (tertiary/aromatic N) is 1. The first-order chi connectivity index (χ1) is 14.8. The fourth-order valence-electron chi connectivity index (χ4n) is 4.05. The van der Waals surface area contributed by atoms with E-state index in [-0.39, 0.29) is 17.5 Å². The zero-order valence-electron chi connectivity index (χ0n) is 19.5. The summed E-state index contributed by atoms with van der Waals surface area (Å²) in [6, 6.07) is 11.6. The molecule has 6 nitrogen and oxygen atoms in total. The molecular formula is C25H34N2O4. The Labute approximate surface area is 185 Å². The molecule has 1 aliphatic rings. The number of rotatable bonds is 6. The third kappa shape index (κ3) is 5.31. The van der Waals surface area contributed by atoms with E-state index in [0.29, 0.717) is 22.8 Å². The number of nitrogens with one attached hydrogen (secondary N) is 1. The quantitative estimate of drug-likeness (QED) is 0.743. The van der Waals surface area contributed by atoms with Gasteiger partial charge in [-0.25, -0.2) is 0 Å². The van der Waals surface area contributed by atoms with E-state index in [1.807, 2.05) is 36.4 Å². The molecule has 0 bridgehead atoms. The summed E-state index contributed by atoms with van der Waals surface area (Å²) in [5.74, 6) is 1.67. The lowest BCUT2D eigenvalue weighted by Gasteiger charge is -2.41. The number of carbonyl (C=O) groups excluding carboxylic acids is 1. The highest BCUT2D eigenvalue weighted by molar-refractivity contribution is 5.95. The molecule has 6 heteroatoms. The topological polar surface area (TPSA) is 60.0 Å². The van der Waals surface area contributed by atoms with E-state index in [1.165, 1.54) is 0 Å². The molecule has 1 saturated heterocycles. The Morgan fingerprint density at radius 1 is 0.935 bits per heavy atom. The fraction of sp³-hybridized carbons (Fsp3) is 0.480. The Balaban J connectivity index is 1.76. The molecule has 1 amide bonds. The number of ether oxygens (including phenoxy) is 3. The summed E-state index contributed by atoms with van der Waals surface area (Å²) in [4.78, 5) is 15.4. The van der Waals surface area contributed by atoms with Crippen molar-refractivity contribution in [3.05, 3.63) is 42.0 Å². The molecule has 0 aliphatic carbocycles. The van der Waals surface area contributed by atoms with Gasteiger partial charge in [0.15, 0.2) is 11.5 Å². The minimum atomic E-state index is -0.0384. The molecule has 2 aromatic carbocycles. The van der Waals surface area contributed by atoms with Crippen LogP contribution in [0.4, 0.5) is 0 Å². The molecule has 3 rings (SSSR count). The lowest BCUT2D eigenvalue weighted by molar-refractivity contribution is 0.0812. The number of benzene rings is 2. The van der Waals surface area contributed by atoms with Gasteiger partial charge in [-0.15, -0.1) is 0 Å². The van der Waals surface area contributed by atoms with Crippen LogP contribution in [0.1, 0.15) is 44.0 Å². The van der Waals surface area contributed by atoms with E-state index in [1.54, 1.807) is 21.3 Å². The minimum absolute atomic E-state index is 0.0384. The summed E-state index contributed by atoms with van der Waals surface area (Å²) >= 11 is 0.